The number of anilines is 1. The van der Waals surface area contributed by atoms with Crippen LogP contribution in [0.4, 0.5) is 5.69 Å². The molecule has 0 fully saturated rings. The summed E-state index contributed by atoms with van der Waals surface area (Å²) in [4.78, 5) is 89.1. The van der Waals surface area contributed by atoms with Crippen molar-refractivity contribution in [3.8, 4) is 0 Å². The average Bonchev–Trinajstić information content (AvgIpc) is 3.35. The molecule has 0 atom stereocenters. The van der Waals surface area contributed by atoms with Gasteiger partial charge in [0, 0.05) is 12.6 Å². The molecule has 190 valence electrons. The molecule has 3 aromatic rings. The summed E-state index contributed by atoms with van der Waals surface area (Å²) in [6.07, 6.45) is 0. The maximum Gasteiger partial charge on any atom is 0.386 e. The summed E-state index contributed by atoms with van der Waals surface area (Å²) in [6.45, 7) is 1.49. The van der Waals surface area contributed by atoms with E-state index < -0.39 is 35.8 Å². The van der Waals surface area contributed by atoms with Crippen molar-refractivity contribution in [1.29, 1.82) is 0 Å². The summed E-state index contributed by atoms with van der Waals surface area (Å²) < 4.78 is 8.80. The Bertz CT molecular complexity index is 1440. The summed E-state index contributed by atoms with van der Waals surface area (Å²) in [5, 5.41) is 2.67. The van der Waals surface area contributed by atoms with Crippen molar-refractivity contribution in [2.45, 2.75) is 6.92 Å². The van der Waals surface area contributed by atoms with Gasteiger partial charge in [-0.3, -0.25) is 4.79 Å². The van der Waals surface area contributed by atoms with Crippen LogP contribution in [0.3, 0.4) is 0 Å². The van der Waals surface area contributed by atoms with Crippen LogP contribution in [-0.2, 0) is 24.0 Å². The van der Waals surface area contributed by atoms with Crippen LogP contribution in [0, 0.1) is 0 Å². The van der Waals surface area contributed by atoms with Crippen molar-refractivity contribution in [2.24, 2.45) is 0 Å². The number of benzene rings is 3. The van der Waals surface area contributed by atoms with Crippen molar-refractivity contribution >= 4 is 47.4 Å². The molecule has 0 bridgehead atoms. The third-order valence-electron chi connectivity index (χ3n) is 5.05. The van der Waals surface area contributed by atoms with E-state index in [0.29, 0.717) is 0 Å². The van der Waals surface area contributed by atoms with E-state index >= 15 is 0 Å². The lowest BCUT2D eigenvalue weighted by atomic mass is 10.1. The van der Waals surface area contributed by atoms with Gasteiger partial charge in [0.15, 0.2) is 0 Å². The molecule has 0 unspecified atom stereocenters. The predicted octanol–water partition coefficient (Wildman–Crippen LogP) is 2.88. The van der Waals surface area contributed by atoms with E-state index in [1.165, 1.54) is 31.2 Å². The van der Waals surface area contributed by atoms with Crippen LogP contribution in [0.25, 0.3) is 0 Å². The molecule has 0 spiro atoms. The first-order chi connectivity index (χ1) is 18.1. The van der Waals surface area contributed by atoms with E-state index in [1.54, 1.807) is 0 Å². The van der Waals surface area contributed by atoms with Crippen LogP contribution >= 0.6 is 0 Å². The molecular weight excluding hydrogens is 502 g/mol. The summed E-state index contributed by atoms with van der Waals surface area (Å²) in [6, 6.07) is 16.3. The van der Waals surface area contributed by atoms with Gasteiger partial charge in [-0.1, -0.05) is 18.2 Å². The molecule has 1 amide bonds. The second-order valence-corrected chi connectivity index (χ2v) is 7.66. The standard InChI is InChI=1S/C18H6O10.C8H9NO/c19-13(7-1-3-9-11(5-7)17(23)25-15(9)21)27-28-14(20)8-2-4-10-12(6-8)18(24)26-16(10)22;1-7(10)9-8-5-3-2-4-6-8/h1-6H;2-6H,1H3,(H,9,10). The Morgan fingerprint density at radius 1 is 0.605 bits per heavy atom. The summed E-state index contributed by atoms with van der Waals surface area (Å²) >= 11 is 0. The molecule has 1 N–H and O–H groups in total. The number of esters is 4. The fourth-order valence-electron chi connectivity index (χ4n) is 3.32. The second-order valence-electron chi connectivity index (χ2n) is 7.66. The molecule has 0 radical (unpaired) electrons. The third kappa shape index (κ3) is 5.44. The smallest absolute Gasteiger partial charge is 0.386 e. The van der Waals surface area contributed by atoms with E-state index in [1.807, 2.05) is 30.3 Å². The van der Waals surface area contributed by atoms with Crippen LogP contribution < -0.4 is 5.32 Å². The number of amides is 1. The lowest BCUT2D eigenvalue weighted by Crippen LogP contribution is -2.13. The highest BCUT2D eigenvalue weighted by Crippen LogP contribution is 2.23. The Balaban J connectivity index is 0.000000283. The van der Waals surface area contributed by atoms with Gasteiger partial charge < -0.3 is 14.8 Å². The van der Waals surface area contributed by atoms with Crippen molar-refractivity contribution in [3.05, 3.63) is 100 Å². The van der Waals surface area contributed by atoms with Crippen LogP contribution in [0.15, 0.2) is 66.7 Å². The minimum absolute atomic E-state index is 0.00174. The number of fused-ring (bicyclic) bond motifs is 2. The van der Waals surface area contributed by atoms with Crippen LogP contribution in [0.5, 0.6) is 0 Å². The Hall–Kier alpha value is -5.65. The van der Waals surface area contributed by atoms with Crippen molar-refractivity contribution in [3.63, 3.8) is 0 Å². The Morgan fingerprint density at radius 3 is 1.45 bits per heavy atom. The van der Waals surface area contributed by atoms with Gasteiger partial charge in [-0.2, -0.15) is 0 Å². The van der Waals surface area contributed by atoms with Gasteiger partial charge in [0.25, 0.3) is 0 Å². The third-order valence-corrected chi connectivity index (χ3v) is 5.05. The normalized spacial score (nSPS) is 12.8. The van der Waals surface area contributed by atoms with E-state index in [9.17, 15) is 33.6 Å². The summed E-state index contributed by atoms with van der Waals surface area (Å²) in [7, 11) is 0. The van der Waals surface area contributed by atoms with Crippen LogP contribution in [-0.4, -0.2) is 41.7 Å². The van der Waals surface area contributed by atoms with E-state index in [0.717, 1.165) is 17.8 Å². The molecule has 0 aromatic heterocycles. The van der Waals surface area contributed by atoms with Gasteiger partial charge in [-0.15, -0.1) is 0 Å². The minimum Gasteiger partial charge on any atom is -0.386 e. The Morgan fingerprint density at radius 2 is 1.03 bits per heavy atom. The van der Waals surface area contributed by atoms with E-state index in [2.05, 4.69) is 24.6 Å². The SMILES string of the molecule is CC(=O)Nc1ccccc1.O=C(OOC(=O)c1ccc2c(c1)C(=O)OC2=O)c1ccc2c(c1)C(=O)OC2=O. The fraction of sp³-hybridized carbons (Fsp3) is 0.0385. The number of para-hydroxylation sites is 1. The largest absolute Gasteiger partial charge is 0.386 e. The first-order valence-electron chi connectivity index (χ1n) is 10.7. The number of hydrogen-bond donors (Lipinski definition) is 1. The molecular formula is C26H15NO11. The first-order valence-corrected chi connectivity index (χ1v) is 10.7. The minimum atomic E-state index is -1.11. The molecule has 2 aliphatic heterocycles. The lowest BCUT2D eigenvalue weighted by Gasteiger charge is -2.04. The zero-order chi connectivity index (χ0) is 27.4. The van der Waals surface area contributed by atoms with Gasteiger partial charge in [-0.05, 0) is 48.5 Å². The Kier molecular flexibility index (Phi) is 7.06. The first kappa shape index (κ1) is 25.4. The van der Waals surface area contributed by atoms with Gasteiger partial charge in [-0.25, -0.2) is 38.5 Å². The predicted molar refractivity (Wildman–Crippen MR) is 124 cm³/mol. The fourth-order valence-corrected chi connectivity index (χ4v) is 3.32. The maximum atomic E-state index is 12.0. The molecule has 5 rings (SSSR count). The molecule has 0 aliphatic carbocycles. The molecule has 38 heavy (non-hydrogen) atoms. The number of carbonyl (C=O) groups is 7. The molecule has 2 heterocycles. The molecule has 0 saturated carbocycles. The zero-order valence-electron chi connectivity index (χ0n) is 19.3. The lowest BCUT2D eigenvalue weighted by molar-refractivity contribution is -0.187. The highest BCUT2D eigenvalue weighted by Gasteiger charge is 2.32. The zero-order valence-corrected chi connectivity index (χ0v) is 19.3. The van der Waals surface area contributed by atoms with Crippen LogP contribution in [0.1, 0.15) is 69.1 Å². The van der Waals surface area contributed by atoms with Crippen molar-refractivity contribution < 1.29 is 52.8 Å². The summed E-state index contributed by atoms with van der Waals surface area (Å²) in [5.74, 6) is -5.75. The number of cyclic esters (lactones) is 4. The number of nitrogens with one attached hydrogen (secondary N) is 1. The van der Waals surface area contributed by atoms with Crippen molar-refractivity contribution in [2.75, 3.05) is 5.32 Å². The molecule has 12 heteroatoms. The van der Waals surface area contributed by atoms with Gasteiger partial charge in [0.2, 0.25) is 5.91 Å². The molecule has 3 aromatic carbocycles. The monoisotopic (exact) mass is 517 g/mol. The topological polar surface area (TPSA) is 168 Å². The van der Waals surface area contributed by atoms with Crippen molar-refractivity contribution in [1.82, 2.24) is 0 Å². The number of hydrogen-bond acceptors (Lipinski definition) is 11. The van der Waals surface area contributed by atoms with Gasteiger partial charge >= 0.3 is 35.8 Å². The average molecular weight is 517 g/mol. The molecule has 0 saturated heterocycles. The highest BCUT2D eigenvalue weighted by atomic mass is 17.2. The maximum absolute atomic E-state index is 12.0. The molecule has 2 aliphatic rings. The van der Waals surface area contributed by atoms with E-state index in [4.69, 9.17) is 0 Å². The van der Waals surface area contributed by atoms with Gasteiger partial charge in [0.1, 0.15) is 0 Å². The van der Waals surface area contributed by atoms with E-state index in [-0.39, 0.29) is 39.3 Å². The Labute approximate surface area is 213 Å². The quantitative estimate of drug-likeness (QED) is 0.235. The van der Waals surface area contributed by atoms with Crippen LogP contribution in [0.2, 0.25) is 0 Å². The highest BCUT2D eigenvalue weighted by molar-refractivity contribution is 6.16. The number of rotatable bonds is 3. The number of ether oxygens (including phenoxy) is 2. The second kappa shape index (κ2) is 10.5. The summed E-state index contributed by atoms with van der Waals surface area (Å²) in [5.41, 5.74) is 0.272. The number of carbonyl (C=O) groups excluding carboxylic acids is 7. The molecule has 12 nitrogen and oxygen atoms in total. The van der Waals surface area contributed by atoms with Gasteiger partial charge in [0.05, 0.1) is 33.4 Å².